The van der Waals surface area contributed by atoms with E-state index in [1.165, 1.54) is 74.4 Å². The first-order valence-electron chi connectivity index (χ1n) is 43.1. The molecule has 2 aliphatic rings. The molecule has 0 spiro atoms. The minimum atomic E-state index is -1.87. The first-order valence-corrected chi connectivity index (χ1v) is 45.0. The first-order chi connectivity index (χ1) is 62.7. The molecule has 2 saturated heterocycles. The van der Waals surface area contributed by atoms with E-state index < -0.39 is 128 Å². The Labute approximate surface area is 788 Å². The van der Waals surface area contributed by atoms with Gasteiger partial charge in [-0.1, -0.05) is 195 Å². The predicted octanol–water partition coefficient (Wildman–Crippen LogP) is 18.2. The molecule has 9 aromatic carbocycles. The lowest BCUT2D eigenvalue weighted by molar-refractivity contribution is -0.149. The van der Waals surface area contributed by atoms with E-state index in [-0.39, 0.29) is 52.6 Å². The molecule has 704 valence electrons. The van der Waals surface area contributed by atoms with Crippen molar-refractivity contribution < 1.29 is 94.3 Å². The lowest BCUT2D eigenvalue weighted by Crippen LogP contribution is -2.55. The molecule has 0 radical (unpaired) electrons. The van der Waals surface area contributed by atoms with Gasteiger partial charge >= 0.3 is 12.1 Å². The largest absolute Gasteiger partial charge is 0.495 e. The number of Topliss-reactive ketones (excluding diaryl/α,β-unsaturated/α-hetero) is 3. The molecular weight excluding hydrogens is 1760 g/mol. The molecule has 2 aliphatic heterocycles. The average molecular weight is 1880 g/mol. The number of hydrogen-bond acceptors (Lipinski definition) is 20. The third-order valence-corrected chi connectivity index (χ3v) is 22.5. The maximum Gasteiger partial charge on any atom is 0.330 e. The van der Waals surface area contributed by atoms with E-state index in [1.54, 1.807) is 142 Å². The van der Waals surface area contributed by atoms with Crippen LogP contribution in [0.4, 0.5) is 38.0 Å². The summed E-state index contributed by atoms with van der Waals surface area (Å²) in [6, 6.07) is 52.5. The Balaban J connectivity index is 0.000000236. The summed E-state index contributed by atoms with van der Waals surface area (Å²) in [4.78, 5) is 163. The van der Waals surface area contributed by atoms with E-state index in [4.69, 9.17) is 55.8 Å². The fourth-order valence-corrected chi connectivity index (χ4v) is 14.7. The molecule has 133 heavy (non-hydrogen) atoms. The van der Waals surface area contributed by atoms with Crippen LogP contribution in [0.3, 0.4) is 0 Å². The zero-order valence-electron chi connectivity index (χ0n) is 78.1. The molecule has 29 nitrogen and oxygen atoms in total. The van der Waals surface area contributed by atoms with Crippen molar-refractivity contribution in [3.8, 4) is 34.5 Å². The highest BCUT2D eigenvalue weighted by Gasteiger charge is 2.56. The summed E-state index contributed by atoms with van der Waals surface area (Å²) in [7, 11) is 1.46. The Morgan fingerprint density at radius 1 is 0.504 bits per heavy atom. The standard InChI is InChI=1S/C44H45ClN2O8S.C37H43ClN4O7.C20H27N3O5/c1-29-13-24-39(30(2)26-29)52-25-9-12-40(48)46-32-14-23-37(45)38(27-32)47-43(50)41(42(49)44(3,4)5)54-34-19-21-36(22-20-34)56(51)55-35-17-15-33(16-18-35)53-28-31-10-7-6-8-11-31;1-8-28(49-29-18-15-22(3)19-23(29)4)32(44)39-25-16-17-26(38)27(20-25)40-33(45)30(31(43)37(5,6)7)42-34(46)35(48-9-2)41(36(42)47)21-24-13-11-10-12-14-24;1-11-8-9-13(28-7)12(10-11)21-16(25)14(15(24)19(2,3)4)23-17(26)20(5,6)22-18(23)27/h6-8,10-11,13-24,26-27,41H,9,12,25,28H2,1-5H3,(H,46,48)(H,47,50);10-20,28,30,35H,8-9,21H2,1-7H3,(H,39,44)(H,40,45);8-10,14H,1-7H3,(H,21,25)(H,22,27). The molecule has 6 N–H and O–H groups in total. The van der Waals surface area contributed by atoms with Gasteiger partial charge in [0.25, 0.3) is 35.4 Å². The summed E-state index contributed by atoms with van der Waals surface area (Å²) in [6.07, 6.45) is -2.62. The number of amides is 11. The van der Waals surface area contributed by atoms with Gasteiger partial charge in [0.1, 0.15) is 46.6 Å². The molecule has 11 amide bonds. The summed E-state index contributed by atoms with van der Waals surface area (Å²) >= 11 is 11.0. The fourth-order valence-electron chi connectivity index (χ4n) is 13.6. The van der Waals surface area contributed by atoms with Crippen LogP contribution in [0.2, 0.25) is 10.0 Å². The highest BCUT2D eigenvalue weighted by Crippen LogP contribution is 2.36. The third-order valence-electron chi connectivity index (χ3n) is 20.8. The summed E-state index contributed by atoms with van der Waals surface area (Å²) < 4.78 is 53.2. The van der Waals surface area contributed by atoms with Gasteiger partial charge in [0.05, 0.1) is 52.3 Å². The highest BCUT2D eigenvalue weighted by atomic mass is 35.5. The number of urea groups is 2. The molecule has 2 fully saturated rings. The Morgan fingerprint density at radius 2 is 0.992 bits per heavy atom. The van der Waals surface area contributed by atoms with Crippen LogP contribution >= 0.6 is 23.2 Å². The molecular formula is C101H115Cl2N9O20S. The van der Waals surface area contributed by atoms with Crippen molar-refractivity contribution in [3.63, 3.8) is 0 Å². The summed E-state index contributed by atoms with van der Waals surface area (Å²) in [5.41, 5.74) is 3.85. The second kappa shape index (κ2) is 45.7. The van der Waals surface area contributed by atoms with E-state index >= 15 is 0 Å². The van der Waals surface area contributed by atoms with E-state index in [0.29, 0.717) is 80.8 Å². The lowest BCUT2D eigenvalue weighted by Gasteiger charge is -2.29. The number of methoxy groups -OCH3 is 1. The topological polar surface area (TPSA) is 368 Å². The van der Waals surface area contributed by atoms with Crippen LogP contribution in [0.15, 0.2) is 205 Å². The van der Waals surface area contributed by atoms with Gasteiger partial charge in [-0.15, -0.1) is 0 Å². The minimum absolute atomic E-state index is 0.0180. The maximum atomic E-state index is 14.0. The monoisotopic (exact) mass is 1880 g/mol. The van der Waals surface area contributed by atoms with Gasteiger partial charge in [-0.2, -0.15) is 0 Å². The number of ketones is 3. The van der Waals surface area contributed by atoms with Crippen molar-refractivity contribution in [3.05, 3.63) is 249 Å². The number of nitrogens with zero attached hydrogens (tertiary/aromatic N) is 3. The molecule has 11 rings (SSSR count). The third kappa shape index (κ3) is 28.1. The van der Waals surface area contributed by atoms with Crippen molar-refractivity contribution in [2.24, 2.45) is 16.2 Å². The molecule has 6 unspecified atom stereocenters. The number of rotatable bonds is 35. The number of ether oxygens (including phenoxy) is 6. The number of anilines is 5. The molecule has 32 heteroatoms. The Morgan fingerprint density at radius 3 is 1.50 bits per heavy atom. The van der Waals surface area contributed by atoms with Crippen LogP contribution in [-0.4, -0.2) is 146 Å². The minimum Gasteiger partial charge on any atom is -0.495 e. The van der Waals surface area contributed by atoms with Gasteiger partial charge in [-0.25, -0.2) is 23.6 Å². The van der Waals surface area contributed by atoms with Crippen molar-refractivity contribution >= 4 is 133 Å². The van der Waals surface area contributed by atoms with Crippen LogP contribution in [0.25, 0.3) is 0 Å². The molecule has 0 saturated carbocycles. The number of aryl methyl sites for hydroxylation is 5. The number of benzene rings is 9. The lowest BCUT2D eigenvalue weighted by atomic mass is 9.85. The normalized spacial score (nSPS) is 14.6. The van der Waals surface area contributed by atoms with Gasteiger partial charge in [-0.3, -0.25) is 52.8 Å². The maximum absolute atomic E-state index is 14.0. The SMILES string of the molecule is CCOC1C(=O)N(C(C(=O)Nc2cc(NC(=O)C(CC)Oc3ccc(C)cc3C)ccc2Cl)C(=O)C(C)(C)C)C(=O)N1Cc1ccccc1.COc1ccc(C)cc1NC(=O)C(C(=O)C(C)(C)C)N1C(=O)NC(C)(C)C1=O.Cc1ccc(OCCCC(=O)Nc2ccc(Cl)c(NC(=O)C(Oc3ccc(S(=O)Oc4ccc(OCc5ccccc5)cc4)cc3)C(=O)C(C)(C)C)c2)c(C)c1. The Kier molecular flexibility index (Phi) is 35.5. The molecule has 6 atom stereocenters. The van der Waals surface area contributed by atoms with Gasteiger partial charge in [0.15, 0.2) is 35.5 Å². The number of imide groups is 2. The summed E-state index contributed by atoms with van der Waals surface area (Å²) in [6.45, 7) is 31.9. The van der Waals surface area contributed by atoms with Crippen molar-refractivity contribution in [1.29, 1.82) is 0 Å². The number of carbonyl (C=O) groups is 12. The molecule has 0 aromatic heterocycles. The van der Waals surface area contributed by atoms with Crippen molar-refractivity contribution in [1.82, 2.24) is 20.0 Å². The van der Waals surface area contributed by atoms with Crippen molar-refractivity contribution in [2.45, 2.75) is 198 Å². The van der Waals surface area contributed by atoms with Crippen LogP contribution in [0.1, 0.15) is 148 Å². The predicted molar refractivity (Wildman–Crippen MR) is 510 cm³/mol. The van der Waals surface area contributed by atoms with Crippen LogP contribution < -0.4 is 59.8 Å². The molecule has 0 bridgehead atoms. The first kappa shape index (κ1) is 103. The number of carbonyl (C=O) groups excluding carboxylic acids is 12. The van der Waals surface area contributed by atoms with Crippen LogP contribution in [0, 0.1) is 50.9 Å². The highest BCUT2D eigenvalue weighted by molar-refractivity contribution is 7.80. The number of hydrogen-bond donors (Lipinski definition) is 6. The van der Waals surface area contributed by atoms with Crippen LogP contribution in [0.5, 0.6) is 34.5 Å². The second-order valence-corrected chi connectivity index (χ2v) is 37.3. The van der Waals surface area contributed by atoms with E-state index in [1.807, 2.05) is 120 Å². The fraction of sp³-hybridized carbons (Fsp3) is 0.347. The number of halogens is 2. The van der Waals surface area contributed by atoms with E-state index in [9.17, 15) is 61.7 Å². The number of nitrogens with one attached hydrogen (secondary N) is 6. The van der Waals surface area contributed by atoms with E-state index in [0.717, 1.165) is 44.7 Å². The van der Waals surface area contributed by atoms with Gasteiger partial charge in [-0.05, 0) is 205 Å². The molecule has 9 aromatic rings. The van der Waals surface area contributed by atoms with Gasteiger partial charge in [0, 0.05) is 40.6 Å². The van der Waals surface area contributed by atoms with Crippen molar-refractivity contribution in [2.75, 3.05) is 46.9 Å². The Hall–Kier alpha value is -13.3. The van der Waals surface area contributed by atoms with Crippen LogP contribution in [-0.2, 0) is 76.9 Å². The molecule has 0 aliphatic carbocycles. The van der Waals surface area contributed by atoms with Gasteiger partial charge < -0.3 is 64.5 Å². The smallest absolute Gasteiger partial charge is 0.330 e. The average Bonchev–Trinajstić information content (AvgIpc) is 1.62. The second-order valence-electron chi connectivity index (χ2n) is 35.4. The zero-order valence-corrected chi connectivity index (χ0v) is 80.4. The summed E-state index contributed by atoms with van der Waals surface area (Å²) in [5.74, 6) is -3.32. The Bertz CT molecular complexity index is 5780. The quantitative estimate of drug-likeness (QED) is 0.0122. The summed E-state index contributed by atoms with van der Waals surface area (Å²) in [5, 5.41) is 16.4. The zero-order chi connectivity index (χ0) is 97.7. The molecule has 2 heterocycles. The van der Waals surface area contributed by atoms with Gasteiger partial charge in [0.2, 0.25) is 29.3 Å². The van der Waals surface area contributed by atoms with E-state index in [2.05, 4.69) is 31.9 Å².